The molecule has 0 spiro atoms. The third kappa shape index (κ3) is 5.27. The number of nitrogens with zero attached hydrogens (tertiary/aromatic N) is 1. The molecule has 1 saturated heterocycles. The summed E-state index contributed by atoms with van der Waals surface area (Å²) in [6.45, 7) is 13.9. The van der Waals surface area contributed by atoms with Crippen molar-refractivity contribution in [2.45, 2.75) is 71.0 Å². The fourth-order valence-corrected chi connectivity index (χ4v) is 9.51. The molecule has 0 bridgehead atoms. The maximum Gasteiger partial charge on any atom is 0.0729 e. The van der Waals surface area contributed by atoms with Crippen LogP contribution in [0.25, 0.3) is 0 Å². The predicted molar refractivity (Wildman–Crippen MR) is 85.9 cm³/mol. The Hall–Kier alpha value is -0.0831. The molecule has 1 rings (SSSR count). The van der Waals surface area contributed by atoms with E-state index in [9.17, 15) is 0 Å². The SMILES string of the molecule is C=C(C)C[Si](CCC)(CCC)CN1CCCCC1. The summed E-state index contributed by atoms with van der Waals surface area (Å²) >= 11 is 0. The van der Waals surface area contributed by atoms with E-state index in [0.717, 1.165) is 0 Å². The van der Waals surface area contributed by atoms with Gasteiger partial charge < -0.3 is 4.90 Å². The molecule has 0 saturated carbocycles. The van der Waals surface area contributed by atoms with Gasteiger partial charge in [-0.1, -0.05) is 50.8 Å². The van der Waals surface area contributed by atoms with Gasteiger partial charge in [0.2, 0.25) is 0 Å². The minimum absolute atomic E-state index is 1.12. The van der Waals surface area contributed by atoms with E-state index in [1.807, 2.05) is 0 Å². The lowest BCUT2D eigenvalue weighted by atomic mass is 10.1. The number of hydrogen-bond acceptors (Lipinski definition) is 1. The second-order valence-corrected chi connectivity index (χ2v) is 11.1. The Kier molecular flexibility index (Phi) is 7.24. The third-order valence-electron chi connectivity index (χ3n) is 4.25. The van der Waals surface area contributed by atoms with Crippen LogP contribution in [0, 0.1) is 0 Å². The van der Waals surface area contributed by atoms with Crippen LogP contribution >= 0.6 is 0 Å². The van der Waals surface area contributed by atoms with Crippen molar-refractivity contribution in [3.63, 3.8) is 0 Å². The molecule has 0 atom stereocenters. The molecule has 0 aliphatic carbocycles. The summed E-state index contributed by atoms with van der Waals surface area (Å²) < 4.78 is 0. The first-order chi connectivity index (χ1) is 8.62. The summed E-state index contributed by atoms with van der Waals surface area (Å²) in [5, 5.41) is 0. The van der Waals surface area contributed by atoms with Gasteiger partial charge in [-0.3, -0.25) is 0 Å². The number of hydrogen-bond donors (Lipinski definition) is 0. The van der Waals surface area contributed by atoms with E-state index in [1.165, 1.54) is 75.1 Å². The molecule has 18 heavy (non-hydrogen) atoms. The summed E-state index contributed by atoms with van der Waals surface area (Å²) in [4.78, 5) is 2.78. The van der Waals surface area contributed by atoms with Gasteiger partial charge in [0.05, 0.1) is 8.07 Å². The lowest BCUT2D eigenvalue weighted by Crippen LogP contribution is -2.48. The largest absolute Gasteiger partial charge is 0.306 e. The zero-order valence-corrected chi connectivity index (χ0v) is 13.9. The molecule has 1 aliphatic rings. The van der Waals surface area contributed by atoms with Crippen molar-refractivity contribution in [3.8, 4) is 0 Å². The first-order valence-corrected chi connectivity index (χ1v) is 10.8. The van der Waals surface area contributed by atoms with Crippen molar-refractivity contribution >= 4 is 8.07 Å². The molecule has 1 nitrogen and oxygen atoms in total. The van der Waals surface area contributed by atoms with Crippen LogP contribution in [-0.4, -0.2) is 32.2 Å². The lowest BCUT2D eigenvalue weighted by molar-refractivity contribution is 0.258. The molecule has 0 radical (unpaired) electrons. The average molecular weight is 268 g/mol. The maximum absolute atomic E-state index is 4.21. The molecule has 0 aromatic carbocycles. The Morgan fingerprint density at radius 1 is 1.06 bits per heavy atom. The van der Waals surface area contributed by atoms with Crippen molar-refractivity contribution < 1.29 is 0 Å². The second-order valence-electron chi connectivity index (χ2n) is 6.47. The zero-order chi connectivity index (χ0) is 13.4. The summed E-state index contributed by atoms with van der Waals surface area (Å²) in [6, 6.07) is 4.37. The van der Waals surface area contributed by atoms with E-state index in [2.05, 4.69) is 32.3 Å². The van der Waals surface area contributed by atoms with E-state index in [4.69, 9.17) is 0 Å². The van der Waals surface area contributed by atoms with Crippen LogP contribution in [0.1, 0.15) is 52.9 Å². The van der Waals surface area contributed by atoms with Gasteiger partial charge in [0, 0.05) is 0 Å². The fourth-order valence-electron chi connectivity index (χ4n) is 3.81. The Morgan fingerprint density at radius 3 is 2.06 bits per heavy atom. The monoisotopic (exact) mass is 267 g/mol. The van der Waals surface area contributed by atoms with Gasteiger partial charge in [0.15, 0.2) is 0 Å². The molecular formula is C16H33NSi. The summed E-state index contributed by atoms with van der Waals surface area (Å²) in [7, 11) is -1.12. The molecule has 0 aromatic rings. The number of rotatable bonds is 8. The quantitative estimate of drug-likeness (QED) is 0.448. The highest BCUT2D eigenvalue weighted by atomic mass is 28.3. The average Bonchev–Trinajstić information content (AvgIpc) is 2.29. The molecule has 1 heterocycles. The standard InChI is InChI=1S/C16H33NSi/c1-5-12-18(13-6-2,14-16(3)4)15-17-10-8-7-9-11-17/h3,5-15H2,1-2,4H3. The van der Waals surface area contributed by atoms with Crippen LogP contribution in [0.15, 0.2) is 12.2 Å². The zero-order valence-electron chi connectivity index (χ0n) is 12.9. The van der Waals surface area contributed by atoms with E-state index < -0.39 is 8.07 Å². The molecule has 0 unspecified atom stereocenters. The van der Waals surface area contributed by atoms with Crippen LogP contribution < -0.4 is 0 Å². The van der Waals surface area contributed by atoms with E-state index in [0.29, 0.717) is 0 Å². The van der Waals surface area contributed by atoms with Gasteiger partial charge in [-0.05, 0) is 45.1 Å². The highest BCUT2D eigenvalue weighted by Crippen LogP contribution is 2.29. The smallest absolute Gasteiger partial charge is 0.0729 e. The summed E-state index contributed by atoms with van der Waals surface area (Å²) in [5.74, 6) is 0. The molecule has 0 amide bonds. The molecule has 0 aromatic heterocycles. The van der Waals surface area contributed by atoms with Gasteiger partial charge in [-0.2, -0.15) is 0 Å². The Morgan fingerprint density at radius 2 is 1.61 bits per heavy atom. The van der Waals surface area contributed by atoms with Gasteiger partial charge in [-0.15, -0.1) is 6.58 Å². The number of piperidine rings is 1. The molecule has 2 heteroatoms. The van der Waals surface area contributed by atoms with Crippen LogP contribution in [-0.2, 0) is 0 Å². The summed E-state index contributed by atoms with van der Waals surface area (Å²) in [6.07, 6.45) is 8.49. The minimum Gasteiger partial charge on any atom is -0.306 e. The van der Waals surface area contributed by atoms with Crippen molar-refractivity contribution in [2.75, 3.05) is 19.3 Å². The molecule has 0 N–H and O–H groups in total. The molecular weight excluding hydrogens is 234 g/mol. The van der Waals surface area contributed by atoms with Gasteiger partial charge in [-0.25, -0.2) is 0 Å². The summed E-state index contributed by atoms with van der Waals surface area (Å²) in [5.41, 5.74) is 1.43. The van der Waals surface area contributed by atoms with Crippen molar-refractivity contribution in [1.82, 2.24) is 4.90 Å². The van der Waals surface area contributed by atoms with Crippen molar-refractivity contribution in [1.29, 1.82) is 0 Å². The molecule has 1 aliphatic heterocycles. The predicted octanol–water partition coefficient (Wildman–Crippen LogP) is 4.86. The Bertz CT molecular complexity index is 237. The highest BCUT2D eigenvalue weighted by Gasteiger charge is 2.33. The van der Waals surface area contributed by atoms with Gasteiger partial charge >= 0.3 is 0 Å². The van der Waals surface area contributed by atoms with E-state index in [-0.39, 0.29) is 0 Å². The van der Waals surface area contributed by atoms with Gasteiger partial charge in [0.25, 0.3) is 0 Å². The van der Waals surface area contributed by atoms with Crippen molar-refractivity contribution in [3.05, 3.63) is 12.2 Å². The lowest BCUT2D eigenvalue weighted by Gasteiger charge is -2.39. The van der Waals surface area contributed by atoms with Crippen LogP contribution in [0.3, 0.4) is 0 Å². The van der Waals surface area contributed by atoms with E-state index >= 15 is 0 Å². The first-order valence-electron chi connectivity index (χ1n) is 7.98. The topological polar surface area (TPSA) is 3.24 Å². The van der Waals surface area contributed by atoms with E-state index in [1.54, 1.807) is 0 Å². The fraction of sp³-hybridized carbons (Fsp3) is 0.875. The second kappa shape index (κ2) is 8.16. The first kappa shape index (κ1) is 16.0. The van der Waals surface area contributed by atoms with Crippen LogP contribution in [0.4, 0.5) is 0 Å². The number of allylic oxidation sites excluding steroid dienone is 1. The highest BCUT2D eigenvalue weighted by molar-refractivity contribution is 6.80. The molecule has 106 valence electrons. The van der Waals surface area contributed by atoms with Crippen LogP contribution in [0.5, 0.6) is 0 Å². The maximum atomic E-state index is 4.21. The van der Waals surface area contributed by atoms with Crippen molar-refractivity contribution in [2.24, 2.45) is 0 Å². The normalized spacial score (nSPS) is 17.9. The minimum atomic E-state index is -1.12. The van der Waals surface area contributed by atoms with Crippen LogP contribution in [0.2, 0.25) is 18.1 Å². The third-order valence-corrected chi connectivity index (χ3v) is 9.84. The van der Waals surface area contributed by atoms with Gasteiger partial charge in [0.1, 0.15) is 0 Å². The molecule has 1 fully saturated rings. The Labute approximate surface area is 116 Å². The number of likely N-dealkylation sites (tertiary alicyclic amines) is 1. The Balaban J connectivity index is 2.68.